The van der Waals surface area contributed by atoms with Crippen LogP contribution in [0.1, 0.15) is 74.9 Å². The van der Waals surface area contributed by atoms with Crippen LogP contribution >= 0.6 is 0 Å². The summed E-state index contributed by atoms with van der Waals surface area (Å²) in [5.74, 6) is 3.62. The summed E-state index contributed by atoms with van der Waals surface area (Å²) in [7, 11) is 0. The number of ether oxygens (including phenoxy) is 2. The maximum atomic E-state index is 7.65. The van der Waals surface area contributed by atoms with Crippen LogP contribution in [0, 0.1) is 0 Å². The molecule has 0 fully saturated rings. The van der Waals surface area contributed by atoms with Crippen LogP contribution in [0.25, 0.3) is 99.5 Å². The van der Waals surface area contributed by atoms with Crippen LogP contribution in [0.5, 0.6) is 23.0 Å². The van der Waals surface area contributed by atoms with Gasteiger partial charge in [-0.1, -0.05) is 224 Å². The molecule has 0 saturated carbocycles. The number of rotatable bonds is 2. The highest BCUT2D eigenvalue weighted by atomic mass is 16.5. The van der Waals surface area contributed by atoms with Crippen molar-refractivity contribution in [1.82, 2.24) is 9.13 Å². The zero-order chi connectivity index (χ0) is 57.7. The third-order valence-electron chi connectivity index (χ3n) is 21.0. The average molecular weight is 1110 g/mol. The molecule has 14 aromatic rings. The molecule has 6 heteroatoms. The van der Waals surface area contributed by atoms with Gasteiger partial charge in [0.2, 0.25) is 0 Å². The highest BCUT2D eigenvalue weighted by molar-refractivity contribution is 7.00. The number of nitrogens with zero attached hydrogens (tertiary/aromatic N) is 2. The van der Waals surface area contributed by atoms with Crippen molar-refractivity contribution < 1.29 is 9.47 Å². The third-order valence-corrected chi connectivity index (χ3v) is 21.0. The molecule has 4 aliphatic heterocycles. The Kier molecular flexibility index (Phi) is 9.02. The standard InChI is InChI=1S/C81H56B2N2O2/c1-79(2,3)49-33-29-45(30-34-49)47-37-69-75-73(39-47)86-71-43-61-57(41-65(71)82(75)63-25-15-21-55-53-19-9-13-27-67(53)84(69)77(55)63)51-17-7-11-23-59(51)81(61)60-24-12-8-18-52(60)58-42-66-72(44-62(58)81)87-74-40-48(46-31-35-50(36-32-46)80(4,5)6)38-70-76(74)83(66)64-26-16-22-56-54-20-10-14-28-68(54)85(70)78(56)64/h7-44H,1-6H3. The molecule has 0 amide bonds. The van der Waals surface area contributed by atoms with E-state index in [0.29, 0.717) is 0 Å². The van der Waals surface area contributed by atoms with Gasteiger partial charge in [0.25, 0.3) is 13.4 Å². The van der Waals surface area contributed by atoms with E-state index in [1.807, 2.05) is 0 Å². The summed E-state index contributed by atoms with van der Waals surface area (Å²) < 4.78 is 20.4. The summed E-state index contributed by atoms with van der Waals surface area (Å²) in [6.45, 7) is 13.6. The molecule has 0 saturated heterocycles. The first-order valence-electron chi connectivity index (χ1n) is 30.9. The Morgan fingerprint density at radius 2 is 0.724 bits per heavy atom. The van der Waals surface area contributed by atoms with Crippen molar-refractivity contribution in [1.29, 1.82) is 0 Å². The third kappa shape index (κ3) is 6.06. The van der Waals surface area contributed by atoms with E-state index in [9.17, 15) is 0 Å². The van der Waals surface area contributed by atoms with Crippen molar-refractivity contribution in [2.75, 3.05) is 0 Å². The fourth-order valence-corrected chi connectivity index (χ4v) is 17.1. The fourth-order valence-electron chi connectivity index (χ4n) is 17.1. The van der Waals surface area contributed by atoms with Crippen molar-refractivity contribution >= 4 is 89.8 Å². The average Bonchev–Trinajstić information content (AvgIpc) is 1.60. The van der Waals surface area contributed by atoms with Crippen LogP contribution in [-0.4, -0.2) is 22.6 Å². The largest absolute Gasteiger partial charge is 0.458 e. The normalized spacial score (nSPS) is 14.6. The molecule has 2 aromatic heterocycles. The molecule has 0 bridgehead atoms. The molecule has 20 rings (SSSR count). The quantitative estimate of drug-likeness (QED) is 0.161. The molecule has 0 N–H and O–H groups in total. The fraction of sp³-hybridized carbons (Fsp3) is 0.111. The van der Waals surface area contributed by atoms with Crippen LogP contribution in [-0.2, 0) is 16.2 Å². The predicted octanol–water partition coefficient (Wildman–Crippen LogP) is 16.0. The lowest BCUT2D eigenvalue weighted by Gasteiger charge is -2.36. The summed E-state index contributed by atoms with van der Waals surface area (Å²) in [4.78, 5) is 0. The van der Waals surface area contributed by atoms with E-state index in [0.717, 1.165) is 34.1 Å². The maximum Gasteiger partial charge on any atom is 0.256 e. The Hall–Kier alpha value is -10.0. The number of fused-ring (bicyclic) bond motifs is 24. The van der Waals surface area contributed by atoms with E-state index < -0.39 is 5.41 Å². The van der Waals surface area contributed by atoms with E-state index >= 15 is 0 Å². The minimum Gasteiger partial charge on any atom is -0.458 e. The molecule has 0 radical (unpaired) electrons. The van der Waals surface area contributed by atoms with Gasteiger partial charge in [0.05, 0.1) is 16.4 Å². The predicted molar refractivity (Wildman–Crippen MR) is 362 cm³/mol. The summed E-state index contributed by atoms with van der Waals surface area (Å²) in [6, 6.07) is 88.0. The van der Waals surface area contributed by atoms with E-state index in [1.54, 1.807) is 0 Å². The van der Waals surface area contributed by atoms with E-state index in [-0.39, 0.29) is 24.3 Å². The number of hydrogen-bond donors (Lipinski definition) is 0. The van der Waals surface area contributed by atoms with Gasteiger partial charge in [-0.15, -0.1) is 0 Å². The zero-order valence-corrected chi connectivity index (χ0v) is 49.3. The van der Waals surface area contributed by atoms with Gasteiger partial charge in [0, 0.05) is 44.0 Å². The SMILES string of the molecule is CC(C)(C)c1ccc(-c2cc3c4c(c2)-n2c5ccccc5c5cccc(c52)B4c2cc4c(cc2O3)C2(c3ccccc3-4)c3ccccc3-c3cc4c(cc32)Oc2cc(-c3ccc(C(C)(C)C)cc3)cc3c2B4c2cccc4c5ccccc5n-3c24)cc1. The molecule has 2 aliphatic carbocycles. The van der Waals surface area contributed by atoms with Crippen molar-refractivity contribution in [3.05, 3.63) is 264 Å². The minimum absolute atomic E-state index is 0.0388. The maximum absolute atomic E-state index is 7.65. The minimum atomic E-state index is -0.684. The van der Waals surface area contributed by atoms with Crippen LogP contribution in [0.4, 0.5) is 0 Å². The van der Waals surface area contributed by atoms with E-state index in [4.69, 9.17) is 9.47 Å². The lowest BCUT2D eigenvalue weighted by molar-refractivity contribution is 0.485. The molecular formula is C81H56B2N2O2. The van der Waals surface area contributed by atoms with Crippen LogP contribution in [0.15, 0.2) is 231 Å². The highest BCUT2D eigenvalue weighted by Gasteiger charge is 2.55. The van der Waals surface area contributed by atoms with Gasteiger partial charge in [-0.2, -0.15) is 0 Å². The van der Waals surface area contributed by atoms with Gasteiger partial charge in [0.15, 0.2) is 0 Å². The van der Waals surface area contributed by atoms with Gasteiger partial charge in [-0.25, -0.2) is 0 Å². The smallest absolute Gasteiger partial charge is 0.256 e. The second-order valence-electron chi connectivity index (χ2n) is 27.4. The second-order valence-corrected chi connectivity index (χ2v) is 27.4. The topological polar surface area (TPSA) is 28.3 Å². The second kappa shape index (κ2) is 16.3. The van der Waals surface area contributed by atoms with Gasteiger partial charge in [-0.05, 0) is 170 Å². The lowest BCUT2D eigenvalue weighted by atomic mass is 9.34. The molecule has 0 atom stereocenters. The first kappa shape index (κ1) is 48.2. The van der Waals surface area contributed by atoms with Crippen molar-refractivity contribution in [3.63, 3.8) is 0 Å². The lowest BCUT2D eigenvalue weighted by Crippen LogP contribution is -2.58. The number of aromatic nitrogens is 2. The van der Waals surface area contributed by atoms with Crippen molar-refractivity contribution in [2.45, 2.75) is 57.8 Å². The number of benzene rings is 12. The number of para-hydroxylation sites is 4. The summed E-state index contributed by atoms with van der Waals surface area (Å²) in [6.07, 6.45) is 0. The van der Waals surface area contributed by atoms with Gasteiger partial charge in [-0.3, -0.25) is 0 Å². The molecule has 0 unspecified atom stereocenters. The molecule has 87 heavy (non-hydrogen) atoms. The monoisotopic (exact) mass is 1110 g/mol. The molecule has 6 aliphatic rings. The van der Waals surface area contributed by atoms with Crippen molar-refractivity contribution in [2.24, 2.45) is 0 Å². The Labute approximate surface area is 506 Å². The summed E-state index contributed by atoms with van der Waals surface area (Å²) in [5, 5.41) is 5.07. The Balaban J connectivity index is 0.825. The highest BCUT2D eigenvalue weighted by Crippen LogP contribution is 2.64. The summed E-state index contributed by atoms with van der Waals surface area (Å²) >= 11 is 0. The van der Waals surface area contributed by atoms with E-state index in [1.165, 1.54) is 155 Å². The number of hydrogen-bond acceptors (Lipinski definition) is 2. The Bertz CT molecular complexity index is 5150. The van der Waals surface area contributed by atoms with Gasteiger partial charge >= 0.3 is 0 Å². The van der Waals surface area contributed by atoms with Crippen LogP contribution in [0.2, 0.25) is 0 Å². The molecule has 4 nitrogen and oxygen atoms in total. The Morgan fingerprint density at radius 1 is 0.322 bits per heavy atom. The molecular weight excluding hydrogens is 1050 g/mol. The molecule has 6 heterocycles. The van der Waals surface area contributed by atoms with Crippen LogP contribution < -0.4 is 42.3 Å². The van der Waals surface area contributed by atoms with E-state index in [2.05, 4.69) is 281 Å². The van der Waals surface area contributed by atoms with Crippen LogP contribution in [0.3, 0.4) is 0 Å². The zero-order valence-electron chi connectivity index (χ0n) is 49.3. The molecule has 12 aromatic carbocycles. The first-order chi connectivity index (χ1) is 42.4. The van der Waals surface area contributed by atoms with Crippen molar-refractivity contribution in [3.8, 4) is 78.9 Å². The molecule has 1 spiro atoms. The molecule has 408 valence electrons. The first-order valence-corrected chi connectivity index (χ1v) is 30.9. The van der Waals surface area contributed by atoms with Gasteiger partial charge < -0.3 is 18.6 Å². The Morgan fingerprint density at radius 3 is 1.16 bits per heavy atom. The van der Waals surface area contributed by atoms with Gasteiger partial charge in [0.1, 0.15) is 23.0 Å². The summed E-state index contributed by atoms with van der Waals surface area (Å²) in [5.41, 5.74) is 31.4.